The van der Waals surface area contributed by atoms with Crippen molar-refractivity contribution in [3.8, 4) is 0 Å². The summed E-state index contributed by atoms with van der Waals surface area (Å²) >= 11 is 1.72. The summed E-state index contributed by atoms with van der Waals surface area (Å²) in [6.07, 6.45) is 0.822. The van der Waals surface area contributed by atoms with Gasteiger partial charge in [-0.25, -0.2) is 0 Å². The SMILES string of the molecule is Cc1cc(CCOC=O)cs1. The molecular weight excluding hydrogens is 160 g/mol. The molecule has 60 valence electrons. The molecule has 1 aromatic heterocycles. The molecule has 0 aromatic carbocycles. The van der Waals surface area contributed by atoms with Crippen molar-refractivity contribution >= 4 is 17.8 Å². The van der Waals surface area contributed by atoms with Crippen LogP contribution in [0.25, 0.3) is 0 Å². The van der Waals surface area contributed by atoms with Crippen LogP contribution in [0.4, 0.5) is 0 Å². The molecule has 1 aromatic rings. The second kappa shape index (κ2) is 4.13. The van der Waals surface area contributed by atoms with E-state index >= 15 is 0 Å². The van der Waals surface area contributed by atoms with E-state index in [2.05, 4.69) is 23.1 Å². The smallest absolute Gasteiger partial charge is 0.293 e. The molecule has 0 bridgehead atoms. The van der Waals surface area contributed by atoms with Gasteiger partial charge >= 0.3 is 0 Å². The number of rotatable bonds is 4. The molecular formula is C8H10O2S. The van der Waals surface area contributed by atoms with Gasteiger partial charge in [-0.3, -0.25) is 4.79 Å². The summed E-state index contributed by atoms with van der Waals surface area (Å²) in [5.41, 5.74) is 1.24. The standard InChI is InChI=1S/C8H10O2S/c1-7-4-8(5-11-7)2-3-10-6-9/h4-6H,2-3H2,1H3. The number of thiophene rings is 1. The fraction of sp³-hybridized carbons (Fsp3) is 0.375. The van der Waals surface area contributed by atoms with Gasteiger partial charge in [0, 0.05) is 11.3 Å². The minimum absolute atomic E-state index is 0.485. The number of hydrogen-bond donors (Lipinski definition) is 0. The highest BCUT2D eigenvalue weighted by atomic mass is 32.1. The second-order valence-corrected chi connectivity index (χ2v) is 3.40. The van der Waals surface area contributed by atoms with Crippen molar-refractivity contribution in [1.29, 1.82) is 0 Å². The van der Waals surface area contributed by atoms with Crippen LogP contribution in [0, 0.1) is 6.92 Å². The second-order valence-electron chi connectivity index (χ2n) is 2.28. The average molecular weight is 170 g/mol. The molecule has 1 heterocycles. The van der Waals surface area contributed by atoms with E-state index in [1.54, 1.807) is 11.3 Å². The van der Waals surface area contributed by atoms with Crippen molar-refractivity contribution in [2.45, 2.75) is 13.3 Å². The van der Waals surface area contributed by atoms with Crippen LogP contribution in [0.15, 0.2) is 11.4 Å². The Morgan fingerprint density at radius 1 is 1.73 bits per heavy atom. The van der Waals surface area contributed by atoms with Crippen molar-refractivity contribution in [3.05, 3.63) is 21.9 Å². The Hall–Kier alpha value is -0.830. The molecule has 1 rings (SSSR count). The summed E-state index contributed by atoms with van der Waals surface area (Å²) in [7, 11) is 0. The third-order valence-electron chi connectivity index (χ3n) is 1.36. The molecule has 0 amide bonds. The molecule has 11 heavy (non-hydrogen) atoms. The van der Waals surface area contributed by atoms with Gasteiger partial charge < -0.3 is 4.74 Å². The molecule has 0 spiro atoms. The molecule has 0 atom stereocenters. The minimum atomic E-state index is 0.485. The molecule has 2 nitrogen and oxygen atoms in total. The summed E-state index contributed by atoms with van der Waals surface area (Å²) in [5, 5.41) is 2.09. The van der Waals surface area contributed by atoms with Crippen molar-refractivity contribution in [2.24, 2.45) is 0 Å². The third-order valence-corrected chi connectivity index (χ3v) is 2.27. The van der Waals surface area contributed by atoms with Crippen LogP contribution in [0.1, 0.15) is 10.4 Å². The number of aryl methyl sites for hydroxylation is 1. The van der Waals surface area contributed by atoms with Crippen LogP contribution >= 0.6 is 11.3 Å². The topological polar surface area (TPSA) is 26.3 Å². The summed E-state index contributed by atoms with van der Waals surface area (Å²) in [6.45, 7) is 3.04. The maximum absolute atomic E-state index is 9.78. The first-order chi connectivity index (χ1) is 5.33. The summed E-state index contributed by atoms with van der Waals surface area (Å²) < 4.78 is 4.57. The Morgan fingerprint density at radius 3 is 3.09 bits per heavy atom. The van der Waals surface area contributed by atoms with Gasteiger partial charge in [0.2, 0.25) is 0 Å². The van der Waals surface area contributed by atoms with E-state index < -0.39 is 0 Å². The molecule has 0 fully saturated rings. The van der Waals surface area contributed by atoms with Crippen LogP contribution in [0.2, 0.25) is 0 Å². The first kappa shape index (κ1) is 8.27. The van der Waals surface area contributed by atoms with E-state index in [0.29, 0.717) is 13.1 Å². The highest BCUT2D eigenvalue weighted by molar-refractivity contribution is 7.10. The quantitative estimate of drug-likeness (QED) is 0.508. The van der Waals surface area contributed by atoms with Gasteiger partial charge in [-0.1, -0.05) is 0 Å². The molecule has 0 aliphatic heterocycles. The molecule has 0 radical (unpaired) electrons. The Kier molecular flexibility index (Phi) is 3.11. The largest absolute Gasteiger partial charge is 0.468 e. The summed E-state index contributed by atoms with van der Waals surface area (Å²) in [6, 6.07) is 2.11. The Balaban J connectivity index is 2.32. The molecule has 0 aliphatic carbocycles. The molecule has 0 N–H and O–H groups in total. The van der Waals surface area contributed by atoms with E-state index in [1.807, 2.05) is 0 Å². The van der Waals surface area contributed by atoms with Crippen LogP contribution in [0.5, 0.6) is 0 Å². The van der Waals surface area contributed by atoms with Gasteiger partial charge in [0.15, 0.2) is 0 Å². The number of carbonyl (C=O) groups excluding carboxylic acids is 1. The van der Waals surface area contributed by atoms with Crippen molar-refractivity contribution < 1.29 is 9.53 Å². The van der Waals surface area contributed by atoms with Crippen molar-refractivity contribution in [2.75, 3.05) is 6.61 Å². The fourth-order valence-corrected chi connectivity index (χ4v) is 1.60. The zero-order valence-corrected chi connectivity index (χ0v) is 7.19. The number of carbonyl (C=O) groups is 1. The maximum atomic E-state index is 9.78. The Labute approximate surface area is 69.8 Å². The lowest BCUT2D eigenvalue weighted by Crippen LogP contribution is -1.94. The molecule has 3 heteroatoms. The minimum Gasteiger partial charge on any atom is -0.468 e. The monoisotopic (exact) mass is 170 g/mol. The predicted molar refractivity (Wildman–Crippen MR) is 44.8 cm³/mol. The Bertz CT molecular complexity index is 230. The molecule has 0 saturated heterocycles. The molecule has 0 aliphatic rings. The van der Waals surface area contributed by atoms with Crippen molar-refractivity contribution in [3.63, 3.8) is 0 Å². The van der Waals surface area contributed by atoms with Crippen LogP contribution in [-0.2, 0) is 16.0 Å². The number of hydrogen-bond acceptors (Lipinski definition) is 3. The van der Waals surface area contributed by atoms with E-state index in [0.717, 1.165) is 6.42 Å². The van der Waals surface area contributed by atoms with E-state index in [4.69, 9.17) is 0 Å². The summed E-state index contributed by atoms with van der Waals surface area (Å²) in [5.74, 6) is 0. The van der Waals surface area contributed by atoms with Crippen LogP contribution in [0.3, 0.4) is 0 Å². The highest BCUT2D eigenvalue weighted by Gasteiger charge is 1.95. The summed E-state index contributed by atoms with van der Waals surface area (Å²) in [4.78, 5) is 11.1. The molecule has 0 saturated carbocycles. The first-order valence-electron chi connectivity index (χ1n) is 3.42. The van der Waals surface area contributed by atoms with Gasteiger partial charge in [0.1, 0.15) is 0 Å². The van der Waals surface area contributed by atoms with Crippen LogP contribution < -0.4 is 0 Å². The van der Waals surface area contributed by atoms with Crippen molar-refractivity contribution in [1.82, 2.24) is 0 Å². The lowest BCUT2D eigenvalue weighted by molar-refractivity contribution is -0.128. The lowest BCUT2D eigenvalue weighted by atomic mass is 10.2. The maximum Gasteiger partial charge on any atom is 0.293 e. The van der Waals surface area contributed by atoms with Crippen LogP contribution in [-0.4, -0.2) is 13.1 Å². The fourth-order valence-electron chi connectivity index (χ4n) is 0.854. The zero-order chi connectivity index (χ0) is 8.10. The van der Waals surface area contributed by atoms with Gasteiger partial charge in [-0.15, -0.1) is 11.3 Å². The normalized spacial score (nSPS) is 9.55. The van der Waals surface area contributed by atoms with E-state index in [1.165, 1.54) is 10.4 Å². The zero-order valence-electron chi connectivity index (χ0n) is 6.37. The van der Waals surface area contributed by atoms with Gasteiger partial charge in [-0.05, 0) is 23.9 Å². The first-order valence-corrected chi connectivity index (χ1v) is 4.30. The predicted octanol–water partition coefficient (Wildman–Crippen LogP) is 1.77. The number of ether oxygens (including phenoxy) is 1. The van der Waals surface area contributed by atoms with E-state index in [9.17, 15) is 4.79 Å². The highest BCUT2D eigenvalue weighted by Crippen LogP contribution is 2.13. The third kappa shape index (κ3) is 2.72. The van der Waals surface area contributed by atoms with Gasteiger partial charge in [0.25, 0.3) is 6.47 Å². The molecule has 0 unspecified atom stereocenters. The average Bonchev–Trinajstić information content (AvgIpc) is 2.37. The van der Waals surface area contributed by atoms with E-state index in [-0.39, 0.29) is 0 Å². The van der Waals surface area contributed by atoms with Gasteiger partial charge in [0.05, 0.1) is 6.61 Å². The van der Waals surface area contributed by atoms with Gasteiger partial charge in [-0.2, -0.15) is 0 Å². The Morgan fingerprint density at radius 2 is 2.55 bits per heavy atom. The lowest BCUT2D eigenvalue weighted by Gasteiger charge is -1.94.